The molecule has 0 aliphatic carbocycles. The van der Waals surface area contributed by atoms with Gasteiger partial charge in [-0.3, -0.25) is 0 Å². The van der Waals surface area contributed by atoms with Crippen molar-refractivity contribution >= 4 is 71.7 Å². The molecule has 0 saturated heterocycles. The molecule has 0 bridgehead atoms. The first-order valence-electron chi connectivity index (χ1n) is 16.6. The largest absolute Gasteiger partial charge is 0.456 e. The SMILES string of the molecule is c1ccc(-c2ccc(N(c3ccc(-c4ccccc4)c4c3oc3ccccc34)c3cccc4oc5ccccc5c34)c3ccccc23)cc1. The maximum atomic E-state index is 6.89. The predicted octanol–water partition coefficient (Wildman–Crippen LogP) is 13.4. The predicted molar refractivity (Wildman–Crippen MR) is 204 cm³/mol. The molecule has 0 radical (unpaired) electrons. The lowest BCUT2D eigenvalue weighted by molar-refractivity contribution is 0.668. The van der Waals surface area contributed by atoms with Crippen LogP contribution in [0.2, 0.25) is 0 Å². The van der Waals surface area contributed by atoms with Crippen molar-refractivity contribution < 1.29 is 8.83 Å². The van der Waals surface area contributed by atoms with E-state index in [1.807, 2.05) is 18.2 Å². The number of nitrogens with zero attached hydrogens (tertiary/aromatic N) is 1. The summed E-state index contributed by atoms with van der Waals surface area (Å²) in [5, 5.41) is 6.65. The molecule has 0 atom stereocenters. The average molecular weight is 628 g/mol. The molecule has 10 rings (SSSR count). The number of furan rings is 2. The van der Waals surface area contributed by atoms with Crippen LogP contribution in [0.25, 0.3) is 76.9 Å². The smallest absolute Gasteiger partial charge is 0.160 e. The number of hydrogen-bond acceptors (Lipinski definition) is 3. The molecule has 0 N–H and O–H groups in total. The first-order valence-corrected chi connectivity index (χ1v) is 16.6. The van der Waals surface area contributed by atoms with Gasteiger partial charge in [-0.1, -0.05) is 140 Å². The van der Waals surface area contributed by atoms with Gasteiger partial charge in [0.2, 0.25) is 0 Å². The summed E-state index contributed by atoms with van der Waals surface area (Å²) in [5.74, 6) is 0. The Balaban J connectivity index is 1.34. The van der Waals surface area contributed by atoms with Crippen LogP contribution in [0.3, 0.4) is 0 Å². The van der Waals surface area contributed by atoms with E-state index in [1.54, 1.807) is 0 Å². The Kier molecular flexibility index (Phi) is 6.18. The van der Waals surface area contributed by atoms with E-state index in [9.17, 15) is 0 Å². The molecule has 230 valence electrons. The van der Waals surface area contributed by atoms with Crippen molar-refractivity contribution in [1.29, 1.82) is 0 Å². The van der Waals surface area contributed by atoms with Crippen molar-refractivity contribution in [3.05, 3.63) is 176 Å². The monoisotopic (exact) mass is 627 g/mol. The fourth-order valence-corrected chi connectivity index (χ4v) is 7.53. The Morgan fingerprint density at radius 1 is 0.306 bits per heavy atom. The molecule has 0 aliphatic heterocycles. The Bertz CT molecular complexity index is 2830. The minimum absolute atomic E-state index is 0.837. The molecule has 0 amide bonds. The van der Waals surface area contributed by atoms with Crippen LogP contribution in [0.15, 0.2) is 185 Å². The molecule has 2 aromatic heterocycles. The second kappa shape index (κ2) is 11.0. The highest BCUT2D eigenvalue weighted by molar-refractivity contribution is 6.20. The van der Waals surface area contributed by atoms with Crippen LogP contribution >= 0.6 is 0 Å². The third-order valence-electron chi connectivity index (χ3n) is 9.68. The number of rotatable bonds is 5. The number of hydrogen-bond donors (Lipinski definition) is 0. The Morgan fingerprint density at radius 2 is 0.837 bits per heavy atom. The van der Waals surface area contributed by atoms with E-state index in [1.165, 1.54) is 16.5 Å². The Hall–Kier alpha value is -6.58. The third kappa shape index (κ3) is 4.29. The lowest BCUT2D eigenvalue weighted by Crippen LogP contribution is -2.11. The van der Waals surface area contributed by atoms with Gasteiger partial charge in [0.25, 0.3) is 0 Å². The van der Waals surface area contributed by atoms with E-state index in [0.29, 0.717) is 0 Å². The molecule has 0 saturated carbocycles. The topological polar surface area (TPSA) is 29.5 Å². The fraction of sp³-hybridized carbons (Fsp3) is 0. The van der Waals surface area contributed by atoms with E-state index in [4.69, 9.17) is 8.83 Å². The highest BCUT2D eigenvalue weighted by Gasteiger charge is 2.26. The lowest BCUT2D eigenvalue weighted by atomic mass is 9.95. The molecular formula is C46H29NO2. The molecule has 0 fully saturated rings. The molecule has 3 nitrogen and oxygen atoms in total. The summed E-state index contributed by atoms with van der Waals surface area (Å²) in [6.45, 7) is 0. The number of para-hydroxylation sites is 2. The molecule has 8 aromatic carbocycles. The summed E-state index contributed by atoms with van der Waals surface area (Å²) in [6, 6.07) is 61.9. The summed E-state index contributed by atoms with van der Waals surface area (Å²) in [7, 11) is 0. The maximum Gasteiger partial charge on any atom is 0.160 e. The lowest BCUT2D eigenvalue weighted by Gasteiger charge is -2.28. The fourth-order valence-electron chi connectivity index (χ4n) is 7.53. The molecule has 0 unspecified atom stereocenters. The van der Waals surface area contributed by atoms with Crippen LogP contribution in [0, 0.1) is 0 Å². The Morgan fingerprint density at radius 3 is 1.57 bits per heavy atom. The van der Waals surface area contributed by atoms with Crippen molar-refractivity contribution in [2.45, 2.75) is 0 Å². The van der Waals surface area contributed by atoms with Gasteiger partial charge >= 0.3 is 0 Å². The highest BCUT2D eigenvalue weighted by atomic mass is 16.3. The van der Waals surface area contributed by atoms with Crippen LogP contribution in [0.5, 0.6) is 0 Å². The zero-order chi connectivity index (χ0) is 32.3. The van der Waals surface area contributed by atoms with E-state index in [0.717, 1.165) is 77.5 Å². The van der Waals surface area contributed by atoms with Gasteiger partial charge in [-0.05, 0) is 64.0 Å². The summed E-state index contributed by atoms with van der Waals surface area (Å²) in [6.07, 6.45) is 0. The van der Waals surface area contributed by atoms with E-state index in [2.05, 4.69) is 163 Å². The van der Waals surface area contributed by atoms with Gasteiger partial charge in [0.1, 0.15) is 16.7 Å². The number of anilines is 3. The zero-order valence-corrected chi connectivity index (χ0v) is 26.5. The van der Waals surface area contributed by atoms with E-state index < -0.39 is 0 Å². The molecular weight excluding hydrogens is 599 g/mol. The second-order valence-corrected chi connectivity index (χ2v) is 12.4. The van der Waals surface area contributed by atoms with Crippen LogP contribution in [-0.2, 0) is 0 Å². The minimum atomic E-state index is 0.837. The van der Waals surface area contributed by atoms with E-state index in [-0.39, 0.29) is 0 Å². The maximum absolute atomic E-state index is 6.89. The quantitative estimate of drug-likeness (QED) is 0.190. The normalized spacial score (nSPS) is 11.7. The van der Waals surface area contributed by atoms with Crippen molar-refractivity contribution in [3.8, 4) is 22.3 Å². The van der Waals surface area contributed by atoms with Gasteiger partial charge in [-0.25, -0.2) is 0 Å². The van der Waals surface area contributed by atoms with Gasteiger partial charge in [0.15, 0.2) is 5.58 Å². The average Bonchev–Trinajstić information content (AvgIpc) is 3.75. The molecule has 3 heteroatoms. The first kappa shape index (κ1) is 27.5. The molecule has 0 aliphatic rings. The standard InChI is InChI=1S/C46H29NO2/c1-3-14-30(15-4-1)32-26-28-38(35-19-8-7-18-34(32)35)47(39-22-13-25-43-45(39)37-21-10-11-23-41(37)48-43)40-29-27-33(31-16-5-2-6-17-31)44-36-20-9-12-24-42(36)49-46(40)44/h1-29H. The van der Waals surface area contributed by atoms with Gasteiger partial charge in [-0.2, -0.15) is 0 Å². The minimum Gasteiger partial charge on any atom is -0.456 e. The summed E-state index contributed by atoms with van der Waals surface area (Å²) < 4.78 is 13.3. The Labute approximate surface area is 282 Å². The summed E-state index contributed by atoms with van der Waals surface area (Å²) >= 11 is 0. The van der Waals surface area contributed by atoms with Gasteiger partial charge in [0, 0.05) is 21.5 Å². The number of fused-ring (bicyclic) bond motifs is 7. The van der Waals surface area contributed by atoms with Gasteiger partial charge < -0.3 is 13.7 Å². The third-order valence-corrected chi connectivity index (χ3v) is 9.68. The van der Waals surface area contributed by atoms with Crippen molar-refractivity contribution in [1.82, 2.24) is 0 Å². The summed E-state index contributed by atoms with van der Waals surface area (Å²) in [4.78, 5) is 2.38. The van der Waals surface area contributed by atoms with Crippen LogP contribution in [0.1, 0.15) is 0 Å². The zero-order valence-electron chi connectivity index (χ0n) is 26.5. The van der Waals surface area contributed by atoms with Gasteiger partial charge in [0.05, 0.1) is 22.4 Å². The van der Waals surface area contributed by atoms with E-state index >= 15 is 0 Å². The highest BCUT2D eigenvalue weighted by Crippen LogP contribution is 2.50. The first-order chi connectivity index (χ1) is 24.3. The van der Waals surface area contributed by atoms with Crippen molar-refractivity contribution in [3.63, 3.8) is 0 Å². The number of benzene rings is 8. The summed E-state index contributed by atoms with van der Waals surface area (Å²) in [5.41, 5.74) is 11.1. The van der Waals surface area contributed by atoms with Crippen LogP contribution in [-0.4, -0.2) is 0 Å². The van der Waals surface area contributed by atoms with Crippen molar-refractivity contribution in [2.24, 2.45) is 0 Å². The molecule has 2 heterocycles. The van der Waals surface area contributed by atoms with Gasteiger partial charge in [-0.15, -0.1) is 0 Å². The van der Waals surface area contributed by atoms with Crippen LogP contribution in [0.4, 0.5) is 17.1 Å². The van der Waals surface area contributed by atoms with Crippen LogP contribution < -0.4 is 4.90 Å². The molecule has 49 heavy (non-hydrogen) atoms. The van der Waals surface area contributed by atoms with Crippen molar-refractivity contribution in [2.75, 3.05) is 4.90 Å². The molecule has 10 aromatic rings. The second-order valence-electron chi connectivity index (χ2n) is 12.4. The molecule has 0 spiro atoms.